The molecule has 0 saturated carbocycles. The highest BCUT2D eigenvalue weighted by Crippen LogP contribution is 2.30. The highest BCUT2D eigenvalue weighted by atomic mass is 32.2. The number of nitrogen functional groups attached to an aromatic ring is 1. The molecule has 7 nitrogen and oxygen atoms in total. The molecular weight excluding hydrogens is 350 g/mol. The molecule has 3 N–H and O–H groups in total. The van der Waals surface area contributed by atoms with E-state index >= 15 is 0 Å². The van der Waals surface area contributed by atoms with E-state index < -0.39 is 10.0 Å². The first-order chi connectivity index (χ1) is 12.3. The summed E-state index contributed by atoms with van der Waals surface area (Å²) < 4.78 is 25.8. The molecule has 8 heteroatoms. The monoisotopic (exact) mass is 377 g/mol. The molecule has 1 fully saturated rings. The topological polar surface area (TPSA) is 101 Å². The number of aryl methyl sites for hydroxylation is 2. The second-order valence-electron chi connectivity index (χ2n) is 6.34. The van der Waals surface area contributed by atoms with Gasteiger partial charge in [-0.2, -0.15) is 9.29 Å². The summed E-state index contributed by atoms with van der Waals surface area (Å²) >= 11 is 0. The van der Waals surface area contributed by atoms with Gasteiger partial charge in [-0.15, -0.1) is 0 Å². The van der Waals surface area contributed by atoms with Gasteiger partial charge in [0.2, 0.25) is 16.0 Å². The highest BCUT2D eigenvalue weighted by Gasteiger charge is 2.43. The zero-order chi connectivity index (χ0) is 19.3. The molecule has 0 amide bonds. The number of sulfonamides is 1. The third kappa shape index (κ3) is 4.92. The summed E-state index contributed by atoms with van der Waals surface area (Å²) in [5.41, 5.74) is 7.49. The first kappa shape index (κ1) is 20.1. The Kier molecular flexibility index (Phi) is 6.55. The van der Waals surface area contributed by atoms with Gasteiger partial charge in [-0.3, -0.25) is 0 Å². The molecule has 1 saturated heterocycles. The van der Waals surface area contributed by atoms with E-state index in [0.29, 0.717) is 23.2 Å². The van der Waals surface area contributed by atoms with Crippen molar-refractivity contribution < 1.29 is 8.42 Å². The van der Waals surface area contributed by atoms with Crippen molar-refractivity contribution in [3.63, 3.8) is 0 Å². The maximum absolute atomic E-state index is 12.1. The fourth-order valence-electron chi connectivity index (χ4n) is 2.44. The summed E-state index contributed by atoms with van der Waals surface area (Å²) in [5, 5.41) is 2.79. The van der Waals surface area contributed by atoms with E-state index in [1.807, 2.05) is 26.0 Å². The van der Waals surface area contributed by atoms with Crippen LogP contribution in [0, 0.1) is 13.8 Å². The summed E-state index contributed by atoms with van der Waals surface area (Å²) in [6.45, 7) is 6.58. The predicted octanol–water partition coefficient (Wildman–Crippen LogP) is 2.58. The van der Waals surface area contributed by atoms with Crippen LogP contribution in [-0.2, 0) is 10.0 Å². The number of aromatic nitrogens is 2. The summed E-state index contributed by atoms with van der Waals surface area (Å²) in [7, 11) is -1.47. The van der Waals surface area contributed by atoms with E-state index in [1.54, 1.807) is 29.7 Å². The Morgan fingerprint density at radius 3 is 2.46 bits per heavy atom. The predicted molar refractivity (Wildman–Crippen MR) is 104 cm³/mol. The van der Waals surface area contributed by atoms with Crippen molar-refractivity contribution in [1.82, 2.24) is 14.3 Å². The number of anilines is 2. The van der Waals surface area contributed by atoms with E-state index in [4.69, 9.17) is 5.73 Å². The molecular formula is C18H27N5O2S. The summed E-state index contributed by atoms with van der Waals surface area (Å²) in [6.07, 6.45) is 3.68. The fraction of sp³-hybridized carbons (Fsp3) is 0.444. The SMILES string of the molecule is CCCC1CN1S(=O)(=O)c1ccc(C)cc1.CNc1ncc(C)c(N)n1. The van der Waals surface area contributed by atoms with Gasteiger partial charge in [0.15, 0.2) is 0 Å². The molecule has 26 heavy (non-hydrogen) atoms. The molecule has 2 unspecified atom stereocenters. The van der Waals surface area contributed by atoms with E-state index in [0.717, 1.165) is 24.0 Å². The van der Waals surface area contributed by atoms with Gasteiger partial charge < -0.3 is 11.1 Å². The average molecular weight is 378 g/mol. The number of hydrogen-bond donors (Lipinski definition) is 2. The van der Waals surface area contributed by atoms with Gasteiger partial charge in [-0.25, -0.2) is 13.4 Å². The lowest BCUT2D eigenvalue weighted by molar-refractivity contribution is 0.546. The Bertz CT molecular complexity index is 837. The Labute approximate surface area is 155 Å². The van der Waals surface area contributed by atoms with Crippen molar-refractivity contribution in [3.8, 4) is 0 Å². The number of nitrogens with one attached hydrogen (secondary N) is 1. The average Bonchev–Trinajstić information content (AvgIpc) is 3.39. The van der Waals surface area contributed by atoms with Gasteiger partial charge in [0.25, 0.3) is 0 Å². The molecule has 2 atom stereocenters. The van der Waals surface area contributed by atoms with Crippen LogP contribution in [0.25, 0.3) is 0 Å². The molecule has 3 rings (SSSR count). The van der Waals surface area contributed by atoms with E-state index in [1.165, 1.54) is 0 Å². The molecule has 2 aromatic rings. The van der Waals surface area contributed by atoms with Gasteiger partial charge >= 0.3 is 0 Å². The van der Waals surface area contributed by atoms with Crippen LogP contribution < -0.4 is 11.1 Å². The van der Waals surface area contributed by atoms with Crippen molar-refractivity contribution in [1.29, 1.82) is 0 Å². The van der Waals surface area contributed by atoms with E-state index in [2.05, 4.69) is 22.2 Å². The molecule has 1 aromatic heterocycles. The zero-order valence-electron chi connectivity index (χ0n) is 15.7. The van der Waals surface area contributed by atoms with E-state index in [9.17, 15) is 8.42 Å². The third-order valence-corrected chi connectivity index (χ3v) is 6.08. The van der Waals surface area contributed by atoms with Gasteiger partial charge in [-0.05, 0) is 32.4 Å². The Hall–Kier alpha value is -2.19. The molecule has 1 aliphatic rings. The molecule has 0 spiro atoms. The maximum Gasteiger partial charge on any atom is 0.243 e. The zero-order valence-corrected chi connectivity index (χ0v) is 16.5. The second-order valence-corrected chi connectivity index (χ2v) is 8.23. The summed E-state index contributed by atoms with van der Waals surface area (Å²) in [5.74, 6) is 1.09. The van der Waals surface area contributed by atoms with Crippen LogP contribution in [0.4, 0.5) is 11.8 Å². The lowest BCUT2D eigenvalue weighted by Gasteiger charge is -2.06. The Morgan fingerprint density at radius 1 is 1.27 bits per heavy atom. The molecule has 0 aliphatic carbocycles. The van der Waals surface area contributed by atoms with Gasteiger partial charge in [0.1, 0.15) is 5.82 Å². The maximum atomic E-state index is 12.1. The van der Waals surface area contributed by atoms with Crippen LogP contribution in [0.5, 0.6) is 0 Å². The largest absolute Gasteiger partial charge is 0.383 e. The number of nitrogens with zero attached hydrogens (tertiary/aromatic N) is 3. The van der Waals surface area contributed by atoms with Crippen molar-refractivity contribution in [2.24, 2.45) is 0 Å². The van der Waals surface area contributed by atoms with Crippen molar-refractivity contribution in [2.45, 2.75) is 44.6 Å². The smallest absolute Gasteiger partial charge is 0.243 e. The van der Waals surface area contributed by atoms with Crippen LogP contribution in [0.3, 0.4) is 0 Å². The first-order valence-corrected chi connectivity index (χ1v) is 10.1. The molecule has 142 valence electrons. The molecule has 2 heterocycles. The summed E-state index contributed by atoms with van der Waals surface area (Å²) in [6, 6.07) is 7.28. The Morgan fingerprint density at radius 2 is 1.92 bits per heavy atom. The Balaban J connectivity index is 0.000000209. The first-order valence-electron chi connectivity index (χ1n) is 8.65. The lowest BCUT2D eigenvalue weighted by atomic mass is 10.2. The van der Waals surface area contributed by atoms with Crippen molar-refractivity contribution in [3.05, 3.63) is 41.6 Å². The minimum Gasteiger partial charge on any atom is -0.383 e. The van der Waals surface area contributed by atoms with Crippen LogP contribution in [-0.4, -0.2) is 42.3 Å². The molecule has 1 aromatic carbocycles. The number of hydrogen-bond acceptors (Lipinski definition) is 6. The normalized spacial score (nSPS) is 18.6. The van der Waals surface area contributed by atoms with Crippen molar-refractivity contribution >= 4 is 21.8 Å². The number of benzene rings is 1. The number of rotatable bonds is 5. The van der Waals surface area contributed by atoms with Crippen LogP contribution in [0.1, 0.15) is 30.9 Å². The molecule has 0 radical (unpaired) electrons. The quantitative estimate of drug-likeness (QED) is 0.777. The van der Waals surface area contributed by atoms with Crippen LogP contribution >= 0.6 is 0 Å². The van der Waals surface area contributed by atoms with Gasteiger partial charge in [-0.1, -0.05) is 31.0 Å². The second kappa shape index (κ2) is 8.46. The van der Waals surface area contributed by atoms with Gasteiger partial charge in [0, 0.05) is 31.4 Å². The van der Waals surface area contributed by atoms with Crippen molar-refractivity contribution in [2.75, 3.05) is 24.6 Å². The lowest BCUT2D eigenvalue weighted by Crippen LogP contribution is -2.14. The standard InChI is InChI=1S/C12H17NO2S.C6H10N4/c1-3-4-11-9-13(11)16(14,15)12-7-5-10(2)6-8-12;1-4-3-9-6(8-2)10-5(4)7/h5-8,11H,3-4,9H2,1-2H3;3H,1-2H3,(H3,7,8,9,10). The molecule has 1 aliphatic heterocycles. The minimum atomic E-state index is -3.22. The van der Waals surface area contributed by atoms with Gasteiger partial charge in [0.05, 0.1) is 4.90 Å². The third-order valence-electron chi connectivity index (χ3n) is 4.15. The highest BCUT2D eigenvalue weighted by molar-refractivity contribution is 7.89. The minimum absolute atomic E-state index is 0.233. The summed E-state index contributed by atoms with van der Waals surface area (Å²) in [4.78, 5) is 8.32. The number of nitrogens with two attached hydrogens (primary N) is 1. The van der Waals surface area contributed by atoms with Crippen LogP contribution in [0.15, 0.2) is 35.4 Å². The van der Waals surface area contributed by atoms with Crippen LogP contribution in [0.2, 0.25) is 0 Å². The molecule has 0 bridgehead atoms. The van der Waals surface area contributed by atoms with E-state index in [-0.39, 0.29) is 6.04 Å². The fourth-order valence-corrected chi connectivity index (χ4v) is 4.06.